The number of hydrogen-bond acceptors (Lipinski definition) is 3. The van der Waals surface area contributed by atoms with Gasteiger partial charge in [0.15, 0.2) is 0 Å². The van der Waals surface area contributed by atoms with Crippen LogP contribution in [-0.4, -0.2) is 35.6 Å². The van der Waals surface area contributed by atoms with E-state index in [0.717, 1.165) is 30.5 Å². The molecule has 156 valence electrons. The molecule has 0 spiro atoms. The van der Waals surface area contributed by atoms with Gasteiger partial charge in [0.2, 0.25) is 5.91 Å². The summed E-state index contributed by atoms with van der Waals surface area (Å²) in [7, 11) is 0. The van der Waals surface area contributed by atoms with Crippen LogP contribution in [0.1, 0.15) is 52.0 Å². The van der Waals surface area contributed by atoms with Crippen molar-refractivity contribution in [1.82, 2.24) is 4.90 Å². The topological polar surface area (TPSA) is 72.6 Å². The first-order valence-electron chi connectivity index (χ1n) is 9.75. The van der Waals surface area contributed by atoms with Crippen molar-refractivity contribution in [3.63, 3.8) is 0 Å². The zero-order valence-electron chi connectivity index (χ0n) is 16.8. The van der Waals surface area contributed by atoms with E-state index in [0.29, 0.717) is 22.9 Å². The fourth-order valence-corrected chi connectivity index (χ4v) is 3.90. The number of carbonyl (C=O) groups excluding carboxylic acids is 2. The van der Waals surface area contributed by atoms with E-state index >= 15 is 0 Å². The standard InChI is InChI=1S/C16H19Cl2NO.C5H11NO2/c17-14-5-3-12(15(18)9-14)4-6-16(20)19-8-7-13(10-19)11-1-2-11;1-5(2,3)8-4(6)7/h3,5,9,11,13H,1-2,4,6-8,10H2;1-3H3,(H2,6,7). The minimum atomic E-state index is -0.725. The Labute approximate surface area is 177 Å². The molecule has 1 atom stereocenters. The van der Waals surface area contributed by atoms with Gasteiger partial charge in [-0.2, -0.15) is 0 Å². The van der Waals surface area contributed by atoms with Crippen LogP contribution >= 0.6 is 23.2 Å². The molecule has 1 saturated carbocycles. The van der Waals surface area contributed by atoms with Crippen LogP contribution in [0.3, 0.4) is 0 Å². The first-order valence-corrected chi connectivity index (χ1v) is 10.5. The van der Waals surface area contributed by atoms with Gasteiger partial charge < -0.3 is 15.4 Å². The van der Waals surface area contributed by atoms with Crippen molar-refractivity contribution < 1.29 is 14.3 Å². The number of hydrogen-bond donors (Lipinski definition) is 1. The van der Waals surface area contributed by atoms with Crippen molar-refractivity contribution in [1.29, 1.82) is 0 Å². The third kappa shape index (κ3) is 7.88. The molecule has 1 aliphatic heterocycles. The lowest BCUT2D eigenvalue weighted by atomic mass is 10.0. The van der Waals surface area contributed by atoms with E-state index in [4.69, 9.17) is 28.9 Å². The van der Waals surface area contributed by atoms with Crippen LogP contribution in [-0.2, 0) is 16.0 Å². The second-order valence-electron chi connectivity index (χ2n) is 8.50. The van der Waals surface area contributed by atoms with Gasteiger partial charge in [0.05, 0.1) is 0 Å². The average molecular weight is 429 g/mol. The Morgan fingerprint density at radius 2 is 1.86 bits per heavy atom. The second-order valence-corrected chi connectivity index (χ2v) is 9.34. The van der Waals surface area contributed by atoms with E-state index < -0.39 is 11.7 Å². The Morgan fingerprint density at radius 1 is 1.18 bits per heavy atom. The number of amides is 2. The first-order chi connectivity index (χ1) is 13.0. The van der Waals surface area contributed by atoms with E-state index in [-0.39, 0.29) is 5.91 Å². The largest absolute Gasteiger partial charge is 0.444 e. The van der Waals surface area contributed by atoms with E-state index in [1.54, 1.807) is 26.8 Å². The number of primary amides is 1. The molecule has 0 bridgehead atoms. The summed E-state index contributed by atoms with van der Waals surface area (Å²) in [5.74, 6) is 1.93. The Morgan fingerprint density at radius 3 is 2.36 bits per heavy atom. The minimum Gasteiger partial charge on any atom is -0.444 e. The maximum absolute atomic E-state index is 12.2. The molecule has 1 saturated heterocycles. The van der Waals surface area contributed by atoms with Crippen LogP contribution in [0, 0.1) is 11.8 Å². The fourth-order valence-electron chi connectivity index (χ4n) is 3.39. The summed E-state index contributed by atoms with van der Waals surface area (Å²) in [5.41, 5.74) is 5.27. The van der Waals surface area contributed by atoms with Crippen LogP contribution < -0.4 is 5.73 Å². The molecule has 2 N–H and O–H groups in total. The molecule has 1 aromatic rings. The quantitative estimate of drug-likeness (QED) is 0.727. The molecule has 0 aromatic heterocycles. The Kier molecular flexibility index (Phi) is 8.02. The summed E-state index contributed by atoms with van der Waals surface area (Å²) >= 11 is 12.0. The van der Waals surface area contributed by atoms with Gasteiger partial charge in [0.25, 0.3) is 0 Å². The number of benzene rings is 1. The second kappa shape index (κ2) is 9.84. The number of ether oxygens (including phenoxy) is 1. The molecule has 1 aliphatic carbocycles. The van der Waals surface area contributed by atoms with Crippen molar-refractivity contribution in [3.8, 4) is 0 Å². The molecule has 28 heavy (non-hydrogen) atoms. The van der Waals surface area contributed by atoms with E-state index in [1.807, 2.05) is 17.0 Å². The van der Waals surface area contributed by atoms with E-state index in [1.165, 1.54) is 19.3 Å². The third-order valence-corrected chi connectivity index (χ3v) is 5.48. The van der Waals surface area contributed by atoms with Gasteiger partial charge in [-0.15, -0.1) is 0 Å². The molecule has 2 fully saturated rings. The Hall–Kier alpha value is -1.46. The van der Waals surface area contributed by atoms with Crippen LogP contribution in [0.15, 0.2) is 18.2 Å². The maximum Gasteiger partial charge on any atom is 0.405 e. The lowest BCUT2D eigenvalue weighted by Crippen LogP contribution is -2.29. The predicted molar refractivity (Wildman–Crippen MR) is 113 cm³/mol. The number of nitrogens with two attached hydrogens (primary N) is 1. The van der Waals surface area contributed by atoms with Crippen molar-refractivity contribution in [3.05, 3.63) is 33.8 Å². The summed E-state index contributed by atoms with van der Waals surface area (Å²) in [5, 5.41) is 1.29. The summed E-state index contributed by atoms with van der Waals surface area (Å²) in [4.78, 5) is 24.3. The van der Waals surface area contributed by atoms with Gasteiger partial charge in [0.1, 0.15) is 5.60 Å². The molecule has 5 nitrogen and oxygen atoms in total. The van der Waals surface area contributed by atoms with Gasteiger partial charge >= 0.3 is 6.09 Å². The molecule has 2 aliphatic rings. The van der Waals surface area contributed by atoms with Crippen LogP contribution in [0.5, 0.6) is 0 Å². The lowest BCUT2D eigenvalue weighted by Gasteiger charge is -2.16. The van der Waals surface area contributed by atoms with Gasteiger partial charge in [-0.3, -0.25) is 4.79 Å². The van der Waals surface area contributed by atoms with E-state index in [2.05, 4.69) is 4.74 Å². The monoisotopic (exact) mass is 428 g/mol. The van der Waals surface area contributed by atoms with Crippen LogP contribution in [0.2, 0.25) is 10.0 Å². The number of rotatable bonds is 4. The minimum absolute atomic E-state index is 0.263. The number of nitrogens with zero attached hydrogens (tertiary/aromatic N) is 1. The lowest BCUT2D eigenvalue weighted by molar-refractivity contribution is -0.130. The predicted octanol–water partition coefficient (Wildman–Crippen LogP) is 5.06. The first kappa shape index (κ1) is 22.8. The van der Waals surface area contributed by atoms with Gasteiger partial charge in [-0.1, -0.05) is 29.3 Å². The van der Waals surface area contributed by atoms with Gasteiger partial charge in [0, 0.05) is 29.6 Å². The number of carbonyl (C=O) groups is 2. The summed E-state index contributed by atoms with van der Waals surface area (Å²) in [6.07, 6.45) is 4.44. The fraction of sp³-hybridized carbons (Fsp3) is 0.619. The molecule has 2 amide bonds. The summed E-state index contributed by atoms with van der Waals surface area (Å²) < 4.78 is 4.58. The third-order valence-electron chi connectivity index (χ3n) is 4.90. The number of aryl methyl sites for hydroxylation is 1. The zero-order chi connectivity index (χ0) is 20.9. The van der Waals surface area contributed by atoms with Gasteiger partial charge in [-0.05, 0) is 76.0 Å². The maximum atomic E-state index is 12.2. The van der Waals surface area contributed by atoms with Crippen molar-refractivity contribution >= 4 is 35.2 Å². The van der Waals surface area contributed by atoms with Crippen LogP contribution in [0.25, 0.3) is 0 Å². The average Bonchev–Trinajstić information content (AvgIpc) is 3.29. The molecule has 1 aromatic carbocycles. The Bertz CT molecular complexity index is 699. The van der Waals surface area contributed by atoms with Crippen molar-refractivity contribution in [2.45, 2.75) is 58.5 Å². The summed E-state index contributed by atoms with van der Waals surface area (Å²) in [6.45, 7) is 7.19. The molecule has 1 unspecified atom stereocenters. The van der Waals surface area contributed by atoms with Gasteiger partial charge in [-0.25, -0.2) is 4.79 Å². The van der Waals surface area contributed by atoms with Crippen molar-refractivity contribution in [2.75, 3.05) is 13.1 Å². The summed E-state index contributed by atoms with van der Waals surface area (Å²) in [6, 6.07) is 5.48. The highest BCUT2D eigenvalue weighted by atomic mass is 35.5. The molecule has 3 rings (SSSR count). The highest BCUT2D eigenvalue weighted by Crippen LogP contribution is 2.41. The molecule has 1 heterocycles. The Balaban J connectivity index is 0.000000300. The van der Waals surface area contributed by atoms with E-state index in [9.17, 15) is 9.59 Å². The molecule has 7 heteroatoms. The SMILES string of the molecule is CC(C)(C)OC(N)=O.O=C(CCc1ccc(Cl)cc1Cl)N1CCC(C2CC2)C1. The highest BCUT2D eigenvalue weighted by molar-refractivity contribution is 6.35. The zero-order valence-corrected chi connectivity index (χ0v) is 18.4. The van der Waals surface area contributed by atoms with Crippen LogP contribution in [0.4, 0.5) is 4.79 Å². The number of likely N-dealkylation sites (tertiary alicyclic amines) is 1. The molecular formula is C21H30Cl2N2O3. The number of halogens is 2. The van der Waals surface area contributed by atoms with Crippen molar-refractivity contribution in [2.24, 2.45) is 17.6 Å². The normalized spacial score (nSPS) is 19.0. The smallest absolute Gasteiger partial charge is 0.405 e. The molecule has 0 radical (unpaired) electrons. The highest BCUT2D eigenvalue weighted by Gasteiger charge is 2.36. The molecular weight excluding hydrogens is 399 g/mol.